The van der Waals surface area contributed by atoms with Gasteiger partial charge in [0.25, 0.3) is 5.91 Å². The van der Waals surface area contributed by atoms with Crippen LogP contribution in [0.4, 0.5) is 0 Å². The van der Waals surface area contributed by atoms with Gasteiger partial charge in [-0.1, -0.05) is 12.1 Å². The number of thiophene rings is 1. The molecule has 1 heterocycles. The minimum absolute atomic E-state index is 0.102. The highest BCUT2D eigenvalue weighted by Crippen LogP contribution is 2.28. The monoisotopic (exact) mass is 339 g/mol. The number of phenolic OH excluding ortho intramolecular Hbond substituents is 1. The molecule has 0 saturated heterocycles. The third-order valence-corrected chi connectivity index (χ3v) is 4.93. The van der Waals surface area contributed by atoms with Crippen LogP contribution in [0.2, 0.25) is 0 Å². The molecule has 0 bridgehead atoms. The minimum Gasteiger partial charge on any atom is -0.508 e. The van der Waals surface area contributed by atoms with Crippen molar-refractivity contribution in [1.82, 2.24) is 5.32 Å². The maximum absolute atomic E-state index is 12.1. The zero-order valence-electron chi connectivity index (χ0n) is 10.6. The Labute approximate surface area is 124 Å². The molecule has 2 N–H and O–H groups in total. The first-order valence-corrected chi connectivity index (χ1v) is 7.44. The first-order chi connectivity index (χ1) is 8.97. The van der Waals surface area contributed by atoms with E-state index in [4.69, 9.17) is 0 Å². The van der Waals surface area contributed by atoms with Crippen molar-refractivity contribution < 1.29 is 9.90 Å². The largest absolute Gasteiger partial charge is 0.508 e. The number of hydrogen-bond acceptors (Lipinski definition) is 3. The third kappa shape index (κ3) is 3.36. The fourth-order valence-corrected chi connectivity index (χ4v) is 3.15. The summed E-state index contributed by atoms with van der Waals surface area (Å²) in [6, 6.07) is 8.61. The smallest absolute Gasteiger partial charge is 0.261 e. The Morgan fingerprint density at radius 2 is 2.16 bits per heavy atom. The average Bonchev–Trinajstić information content (AvgIpc) is 2.69. The topological polar surface area (TPSA) is 49.3 Å². The van der Waals surface area contributed by atoms with Gasteiger partial charge >= 0.3 is 0 Å². The Morgan fingerprint density at radius 1 is 1.42 bits per heavy atom. The van der Waals surface area contributed by atoms with E-state index in [1.807, 2.05) is 26.0 Å². The van der Waals surface area contributed by atoms with Crippen molar-refractivity contribution in [2.75, 3.05) is 0 Å². The zero-order chi connectivity index (χ0) is 14.0. The highest BCUT2D eigenvalue weighted by Gasteiger charge is 2.14. The van der Waals surface area contributed by atoms with Crippen LogP contribution in [0.3, 0.4) is 0 Å². The standard InChI is InChI=1S/C14H14BrNO2S/c1-8-6-12(19-13(8)15)14(18)16-9(2)10-4-3-5-11(17)7-10/h3-7,9,17H,1-2H3,(H,16,18). The normalized spacial score (nSPS) is 12.2. The molecular weight excluding hydrogens is 326 g/mol. The van der Waals surface area contributed by atoms with Gasteiger partial charge in [0.05, 0.1) is 14.7 Å². The first-order valence-electron chi connectivity index (χ1n) is 5.83. The molecule has 2 aromatic rings. The first kappa shape index (κ1) is 14.1. The van der Waals surface area contributed by atoms with Crippen molar-refractivity contribution in [2.24, 2.45) is 0 Å². The Morgan fingerprint density at radius 3 is 2.74 bits per heavy atom. The van der Waals surface area contributed by atoms with E-state index in [1.165, 1.54) is 11.3 Å². The lowest BCUT2D eigenvalue weighted by Gasteiger charge is -2.13. The second kappa shape index (κ2) is 5.75. The molecule has 1 unspecified atom stereocenters. The number of carbonyl (C=O) groups excluding carboxylic acids is 1. The lowest BCUT2D eigenvalue weighted by molar-refractivity contribution is 0.0944. The van der Waals surface area contributed by atoms with Crippen LogP contribution in [0.5, 0.6) is 5.75 Å². The third-order valence-electron chi connectivity index (χ3n) is 2.80. The SMILES string of the molecule is Cc1cc(C(=O)NC(C)c2cccc(O)c2)sc1Br. The molecule has 0 aliphatic rings. The maximum Gasteiger partial charge on any atom is 0.261 e. The summed E-state index contributed by atoms with van der Waals surface area (Å²) < 4.78 is 0.975. The molecule has 0 fully saturated rings. The second-order valence-corrected chi connectivity index (χ2v) is 6.73. The number of nitrogens with one attached hydrogen (secondary N) is 1. The molecule has 0 saturated carbocycles. The quantitative estimate of drug-likeness (QED) is 0.887. The predicted octanol–water partition coefficient (Wildman–Crippen LogP) is 4.02. The van der Waals surface area contributed by atoms with Crippen molar-refractivity contribution in [2.45, 2.75) is 19.9 Å². The second-order valence-electron chi connectivity index (χ2n) is 4.36. The molecule has 3 nitrogen and oxygen atoms in total. The van der Waals surface area contributed by atoms with E-state index >= 15 is 0 Å². The molecule has 5 heteroatoms. The number of phenols is 1. The number of aromatic hydroxyl groups is 1. The van der Waals surface area contributed by atoms with Crippen LogP contribution in [0.1, 0.15) is 33.8 Å². The molecule has 1 amide bonds. The number of amides is 1. The number of hydrogen-bond donors (Lipinski definition) is 2. The summed E-state index contributed by atoms with van der Waals surface area (Å²) in [4.78, 5) is 12.8. The van der Waals surface area contributed by atoms with E-state index in [1.54, 1.807) is 18.2 Å². The van der Waals surface area contributed by atoms with E-state index in [2.05, 4.69) is 21.2 Å². The highest BCUT2D eigenvalue weighted by molar-refractivity contribution is 9.11. The summed E-state index contributed by atoms with van der Waals surface area (Å²) in [5, 5.41) is 12.4. The molecule has 19 heavy (non-hydrogen) atoms. The van der Waals surface area contributed by atoms with Gasteiger partial charge in [-0.15, -0.1) is 11.3 Å². The van der Waals surface area contributed by atoms with E-state index in [9.17, 15) is 9.90 Å². The molecular formula is C14H14BrNO2S. The van der Waals surface area contributed by atoms with Gasteiger partial charge in [0.1, 0.15) is 5.75 Å². The van der Waals surface area contributed by atoms with E-state index in [0.29, 0.717) is 4.88 Å². The van der Waals surface area contributed by atoms with E-state index in [0.717, 1.165) is 14.9 Å². The van der Waals surface area contributed by atoms with Gasteiger partial charge in [0, 0.05) is 0 Å². The summed E-state index contributed by atoms with van der Waals surface area (Å²) in [5.74, 6) is 0.1000. The van der Waals surface area contributed by atoms with Crippen LogP contribution >= 0.6 is 27.3 Å². The molecule has 100 valence electrons. The van der Waals surface area contributed by atoms with Crippen LogP contribution < -0.4 is 5.32 Å². The number of halogens is 1. The molecule has 0 radical (unpaired) electrons. The lowest BCUT2D eigenvalue weighted by atomic mass is 10.1. The van der Waals surface area contributed by atoms with Crippen LogP contribution in [-0.4, -0.2) is 11.0 Å². The van der Waals surface area contributed by atoms with Crippen LogP contribution in [0, 0.1) is 6.92 Å². The molecule has 2 rings (SSSR count). The van der Waals surface area contributed by atoms with Gasteiger partial charge < -0.3 is 10.4 Å². The van der Waals surface area contributed by atoms with E-state index < -0.39 is 0 Å². The zero-order valence-corrected chi connectivity index (χ0v) is 13.0. The van der Waals surface area contributed by atoms with Crippen LogP contribution in [-0.2, 0) is 0 Å². The van der Waals surface area contributed by atoms with Gasteiger partial charge in [-0.25, -0.2) is 0 Å². The highest BCUT2D eigenvalue weighted by atomic mass is 79.9. The van der Waals surface area contributed by atoms with Crippen molar-refractivity contribution >= 4 is 33.2 Å². The number of rotatable bonds is 3. The Balaban J connectivity index is 2.10. The summed E-state index contributed by atoms with van der Waals surface area (Å²) in [5.41, 5.74) is 1.93. The van der Waals surface area contributed by atoms with Crippen LogP contribution in [0.15, 0.2) is 34.1 Å². The Hall–Kier alpha value is -1.33. The molecule has 0 aliphatic carbocycles. The number of carbonyl (C=O) groups is 1. The summed E-state index contributed by atoms with van der Waals surface area (Å²) in [6.07, 6.45) is 0. The number of benzene rings is 1. The predicted molar refractivity (Wildman–Crippen MR) is 80.7 cm³/mol. The van der Waals surface area contributed by atoms with E-state index in [-0.39, 0.29) is 17.7 Å². The lowest BCUT2D eigenvalue weighted by Crippen LogP contribution is -2.25. The summed E-state index contributed by atoms with van der Waals surface area (Å²) in [7, 11) is 0. The fraction of sp³-hybridized carbons (Fsp3) is 0.214. The summed E-state index contributed by atoms with van der Waals surface area (Å²) in [6.45, 7) is 3.85. The van der Waals surface area contributed by atoms with Crippen molar-refractivity contribution in [1.29, 1.82) is 0 Å². The average molecular weight is 340 g/mol. The minimum atomic E-state index is -0.152. The van der Waals surface area contributed by atoms with Gasteiger partial charge in [-0.05, 0) is 59.1 Å². The van der Waals surface area contributed by atoms with Gasteiger partial charge in [0.15, 0.2) is 0 Å². The summed E-state index contributed by atoms with van der Waals surface area (Å²) >= 11 is 4.83. The van der Waals surface area contributed by atoms with Gasteiger partial charge in [0.2, 0.25) is 0 Å². The Bertz CT molecular complexity index is 590. The Kier molecular flexibility index (Phi) is 4.27. The molecule has 0 spiro atoms. The fourth-order valence-electron chi connectivity index (χ4n) is 1.72. The van der Waals surface area contributed by atoms with Crippen molar-refractivity contribution in [3.8, 4) is 5.75 Å². The maximum atomic E-state index is 12.1. The molecule has 0 aliphatic heterocycles. The van der Waals surface area contributed by atoms with Crippen molar-refractivity contribution in [3.05, 3.63) is 50.1 Å². The van der Waals surface area contributed by atoms with Gasteiger partial charge in [-0.3, -0.25) is 4.79 Å². The molecule has 1 atom stereocenters. The van der Waals surface area contributed by atoms with Gasteiger partial charge in [-0.2, -0.15) is 0 Å². The van der Waals surface area contributed by atoms with Crippen LogP contribution in [0.25, 0.3) is 0 Å². The molecule has 1 aromatic carbocycles. The van der Waals surface area contributed by atoms with Crippen molar-refractivity contribution in [3.63, 3.8) is 0 Å². The number of aryl methyl sites for hydroxylation is 1. The molecule has 1 aromatic heterocycles.